The molecule has 3 aromatic carbocycles. The van der Waals surface area contributed by atoms with Crippen LogP contribution in [0.5, 0.6) is 0 Å². The number of halogens is 3. The van der Waals surface area contributed by atoms with Crippen molar-refractivity contribution < 1.29 is 14.3 Å². The molecule has 9 nitrogen and oxygen atoms in total. The molecule has 12 heteroatoms. The van der Waals surface area contributed by atoms with Crippen LogP contribution >= 0.6 is 23.2 Å². The van der Waals surface area contributed by atoms with Crippen LogP contribution in [0.1, 0.15) is 40.3 Å². The number of aromatic amines is 1. The number of likely N-dealkylation sites (tertiary alicyclic amines) is 1. The first-order valence-corrected chi connectivity index (χ1v) is 13.7. The van der Waals surface area contributed by atoms with Crippen LogP contribution in [0.25, 0.3) is 16.9 Å². The monoisotopic (exact) mass is 591 g/mol. The van der Waals surface area contributed by atoms with Crippen molar-refractivity contribution in [1.29, 1.82) is 0 Å². The first kappa shape index (κ1) is 27.1. The summed E-state index contributed by atoms with van der Waals surface area (Å²) in [6.45, 7) is 0.563. The van der Waals surface area contributed by atoms with Crippen molar-refractivity contribution >= 4 is 29.1 Å². The zero-order chi connectivity index (χ0) is 28.6. The lowest BCUT2D eigenvalue weighted by Gasteiger charge is -2.38. The van der Waals surface area contributed by atoms with Gasteiger partial charge in [-0.25, -0.2) is 9.07 Å². The van der Waals surface area contributed by atoms with Crippen molar-refractivity contribution in [1.82, 2.24) is 35.3 Å². The van der Waals surface area contributed by atoms with Crippen molar-refractivity contribution in [2.75, 3.05) is 13.1 Å². The molecule has 6 rings (SSSR count). The van der Waals surface area contributed by atoms with E-state index in [2.05, 4.69) is 20.6 Å². The summed E-state index contributed by atoms with van der Waals surface area (Å²) in [6.07, 6.45) is 0.757. The Morgan fingerprint density at radius 1 is 1.00 bits per heavy atom. The molecule has 0 radical (unpaired) electrons. The van der Waals surface area contributed by atoms with Gasteiger partial charge in [-0.05, 0) is 54.8 Å². The minimum atomic E-state index is -1.16. The van der Waals surface area contributed by atoms with Gasteiger partial charge in [0.1, 0.15) is 5.82 Å². The summed E-state index contributed by atoms with van der Waals surface area (Å²) in [5.74, 6) is -0.285. The van der Waals surface area contributed by atoms with E-state index < -0.39 is 5.60 Å². The molecule has 0 bridgehead atoms. The average molecular weight is 592 g/mol. The van der Waals surface area contributed by atoms with Crippen LogP contribution in [0.3, 0.4) is 0 Å². The van der Waals surface area contributed by atoms with E-state index in [1.54, 1.807) is 39.9 Å². The minimum absolute atomic E-state index is 0.174. The number of hydrogen-bond donors (Lipinski definition) is 2. The van der Waals surface area contributed by atoms with Gasteiger partial charge in [-0.15, -0.1) is 10.2 Å². The molecule has 1 aliphatic rings. The number of amides is 1. The summed E-state index contributed by atoms with van der Waals surface area (Å²) in [5.41, 5.74) is 2.27. The van der Waals surface area contributed by atoms with Gasteiger partial charge in [0.2, 0.25) is 0 Å². The summed E-state index contributed by atoms with van der Waals surface area (Å²) < 4.78 is 15.1. The molecule has 0 spiro atoms. The summed E-state index contributed by atoms with van der Waals surface area (Å²) in [4.78, 5) is 15.8. The van der Waals surface area contributed by atoms with Gasteiger partial charge in [-0.3, -0.25) is 4.79 Å². The lowest BCUT2D eigenvalue weighted by Crippen LogP contribution is -2.45. The third-order valence-corrected chi connectivity index (χ3v) is 7.94. The summed E-state index contributed by atoms with van der Waals surface area (Å²) >= 11 is 12.8. The number of aromatic nitrogens is 6. The Morgan fingerprint density at radius 3 is 2.37 bits per heavy atom. The second-order valence-electron chi connectivity index (χ2n) is 9.88. The van der Waals surface area contributed by atoms with Gasteiger partial charge in [0.15, 0.2) is 11.5 Å². The van der Waals surface area contributed by atoms with E-state index in [-0.39, 0.29) is 36.9 Å². The van der Waals surface area contributed by atoms with Crippen molar-refractivity contribution in [3.05, 3.63) is 111 Å². The zero-order valence-corrected chi connectivity index (χ0v) is 23.1. The number of nitrogens with one attached hydrogen (secondary N) is 1. The average Bonchev–Trinajstić information content (AvgIpc) is 3.63. The maximum absolute atomic E-state index is 14.1. The number of nitrogens with zero attached hydrogens (tertiary/aromatic N) is 6. The van der Waals surface area contributed by atoms with E-state index in [4.69, 9.17) is 28.3 Å². The van der Waals surface area contributed by atoms with Crippen molar-refractivity contribution in [2.24, 2.45) is 0 Å². The van der Waals surface area contributed by atoms with Gasteiger partial charge in [-0.1, -0.05) is 64.8 Å². The maximum atomic E-state index is 14.1. The molecule has 208 valence electrons. The zero-order valence-electron chi connectivity index (χ0n) is 21.6. The number of hydrogen-bond acceptors (Lipinski definition) is 6. The van der Waals surface area contributed by atoms with Crippen LogP contribution in [-0.2, 0) is 12.0 Å². The maximum Gasteiger partial charge on any atom is 0.274 e. The van der Waals surface area contributed by atoms with Crippen molar-refractivity contribution in [2.45, 2.75) is 24.9 Å². The Morgan fingerprint density at radius 2 is 1.71 bits per heavy atom. The third-order valence-electron chi connectivity index (χ3n) is 7.37. The van der Waals surface area contributed by atoms with Crippen molar-refractivity contribution in [3.63, 3.8) is 0 Å². The molecule has 2 aromatic heterocycles. The lowest BCUT2D eigenvalue weighted by atomic mass is 9.84. The molecule has 3 heterocycles. The molecular weight excluding hydrogens is 568 g/mol. The van der Waals surface area contributed by atoms with E-state index in [0.717, 1.165) is 5.56 Å². The van der Waals surface area contributed by atoms with Crippen LogP contribution in [0.15, 0.2) is 72.8 Å². The molecular formula is C29H24Cl2FN7O2. The molecule has 1 saturated heterocycles. The highest BCUT2D eigenvalue weighted by Crippen LogP contribution is 2.36. The fourth-order valence-corrected chi connectivity index (χ4v) is 5.53. The number of piperidine rings is 1. The van der Waals surface area contributed by atoms with Gasteiger partial charge in [0.25, 0.3) is 5.91 Å². The molecule has 0 saturated carbocycles. The molecule has 1 fully saturated rings. The standard InChI is InChI=1S/C29H24Cl2FN7O2/c30-20-9-5-18(6-10-20)27-22(17-25-33-36-37-34-25)26(35-39(27)24-4-2-1-3-23(24)31)28(40)38-15-13-29(41,14-16-38)19-7-11-21(32)12-8-19/h1-12,41H,13-17H2,(H,33,34,36,37). The van der Waals surface area contributed by atoms with E-state index >= 15 is 0 Å². The number of carbonyl (C=O) groups is 1. The molecule has 1 amide bonds. The minimum Gasteiger partial charge on any atom is -0.385 e. The van der Waals surface area contributed by atoms with Gasteiger partial charge in [0.05, 0.1) is 22.0 Å². The highest BCUT2D eigenvalue weighted by molar-refractivity contribution is 6.32. The smallest absolute Gasteiger partial charge is 0.274 e. The number of para-hydroxylation sites is 1. The highest BCUT2D eigenvalue weighted by atomic mass is 35.5. The highest BCUT2D eigenvalue weighted by Gasteiger charge is 2.37. The Kier molecular flexibility index (Phi) is 7.29. The fraction of sp³-hybridized carbons (Fsp3) is 0.207. The predicted octanol–water partition coefficient (Wildman–Crippen LogP) is 5.21. The Hall–Kier alpha value is -4.12. The number of H-pyrrole nitrogens is 1. The molecule has 1 aliphatic heterocycles. The number of aliphatic hydroxyl groups is 1. The third kappa shape index (κ3) is 5.33. The SMILES string of the molecule is O=C(c1nn(-c2ccccc2Cl)c(-c2ccc(Cl)cc2)c1Cc1nn[nH]n1)N1CCC(O)(c2ccc(F)cc2)CC1. The van der Waals surface area contributed by atoms with Crippen molar-refractivity contribution in [3.8, 4) is 16.9 Å². The summed E-state index contributed by atoms with van der Waals surface area (Å²) in [5, 5.41) is 31.5. The van der Waals surface area contributed by atoms with E-state index in [1.165, 1.54) is 12.1 Å². The Labute approximate surface area is 244 Å². The van der Waals surface area contributed by atoms with Gasteiger partial charge < -0.3 is 10.0 Å². The molecule has 0 aliphatic carbocycles. The predicted molar refractivity (Wildman–Crippen MR) is 151 cm³/mol. The van der Waals surface area contributed by atoms with Crippen LogP contribution in [0, 0.1) is 5.82 Å². The van der Waals surface area contributed by atoms with E-state index in [1.807, 2.05) is 30.3 Å². The Balaban J connectivity index is 1.42. The fourth-order valence-electron chi connectivity index (χ4n) is 5.19. The first-order chi connectivity index (χ1) is 19.8. The number of rotatable bonds is 6. The molecule has 2 N–H and O–H groups in total. The molecule has 0 atom stereocenters. The molecule has 5 aromatic rings. The van der Waals surface area contributed by atoms with Crippen LogP contribution in [-0.4, -0.2) is 59.4 Å². The molecule has 0 unspecified atom stereocenters. The number of benzene rings is 3. The van der Waals surface area contributed by atoms with Crippen LogP contribution in [0.2, 0.25) is 10.0 Å². The summed E-state index contributed by atoms with van der Waals surface area (Å²) in [7, 11) is 0. The Bertz CT molecular complexity index is 1680. The van der Waals surface area contributed by atoms with Gasteiger partial charge in [0, 0.05) is 35.7 Å². The van der Waals surface area contributed by atoms with Gasteiger partial charge in [-0.2, -0.15) is 10.3 Å². The molecule has 41 heavy (non-hydrogen) atoms. The second-order valence-corrected chi connectivity index (χ2v) is 10.7. The van der Waals surface area contributed by atoms with Crippen LogP contribution < -0.4 is 0 Å². The van der Waals surface area contributed by atoms with E-state index in [0.29, 0.717) is 51.2 Å². The largest absolute Gasteiger partial charge is 0.385 e. The number of carbonyl (C=O) groups excluding carboxylic acids is 1. The van der Waals surface area contributed by atoms with Gasteiger partial charge >= 0.3 is 0 Å². The number of tetrazole rings is 1. The first-order valence-electron chi connectivity index (χ1n) is 13.0. The van der Waals surface area contributed by atoms with E-state index in [9.17, 15) is 14.3 Å². The second kappa shape index (κ2) is 11.0. The lowest BCUT2D eigenvalue weighted by molar-refractivity contribution is -0.0213. The normalized spacial score (nSPS) is 14.8. The van der Waals surface area contributed by atoms with Crippen LogP contribution in [0.4, 0.5) is 4.39 Å². The summed E-state index contributed by atoms with van der Waals surface area (Å²) in [6, 6.07) is 20.3. The topological polar surface area (TPSA) is 113 Å². The quantitative estimate of drug-likeness (QED) is 0.280.